The molecule has 8 nitrogen and oxygen atoms in total. The first kappa shape index (κ1) is 21.8. The maximum absolute atomic E-state index is 12.7. The number of rotatable bonds is 6. The van der Waals surface area contributed by atoms with E-state index in [9.17, 15) is 14.0 Å². The zero-order valence-corrected chi connectivity index (χ0v) is 17.3. The molecule has 1 aliphatic heterocycles. The zero-order chi connectivity index (χ0) is 20.4. The molecule has 0 aliphatic carbocycles. The molecule has 11 heteroatoms. The van der Waals surface area contributed by atoms with Crippen LogP contribution >= 0.6 is 23.7 Å². The van der Waals surface area contributed by atoms with Crippen molar-refractivity contribution < 1.29 is 13.9 Å². The average Bonchev–Trinajstić information content (AvgIpc) is 3.33. The van der Waals surface area contributed by atoms with Crippen LogP contribution in [0.1, 0.15) is 4.88 Å². The lowest BCUT2D eigenvalue weighted by atomic mass is 10.1. The summed E-state index contributed by atoms with van der Waals surface area (Å²) in [7, 11) is 0. The summed E-state index contributed by atoms with van der Waals surface area (Å²) >= 11 is 1.53. The predicted octanol–water partition coefficient (Wildman–Crippen LogP) is 2.39. The molecule has 3 heterocycles. The lowest BCUT2D eigenvalue weighted by molar-refractivity contribution is -0.118. The van der Waals surface area contributed by atoms with Crippen LogP contribution < -0.4 is 21.5 Å². The molecule has 1 aromatic carbocycles. The highest BCUT2D eigenvalue weighted by Crippen LogP contribution is 2.35. The fourth-order valence-corrected chi connectivity index (χ4v) is 3.95. The van der Waals surface area contributed by atoms with Gasteiger partial charge in [0.2, 0.25) is 0 Å². The van der Waals surface area contributed by atoms with E-state index in [4.69, 9.17) is 10.5 Å². The number of nitrogens with two attached hydrogens (primary N) is 1. The molecule has 30 heavy (non-hydrogen) atoms. The number of benzene rings is 1. The first-order valence-electron chi connectivity index (χ1n) is 8.83. The fourth-order valence-electron chi connectivity index (χ4n) is 2.95. The van der Waals surface area contributed by atoms with E-state index in [0.717, 1.165) is 15.3 Å². The third-order valence-electron chi connectivity index (χ3n) is 4.45. The van der Waals surface area contributed by atoms with Gasteiger partial charge in [0.05, 0.1) is 25.1 Å². The molecule has 1 aliphatic rings. The van der Waals surface area contributed by atoms with Crippen LogP contribution in [0.3, 0.4) is 0 Å². The maximum Gasteiger partial charge on any atom is 0.346 e. The van der Waals surface area contributed by atoms with Crippen molar-refractivity contribution in [2.24, 2.45) is 5.73 Å². The van der Waals surface area contributed by atoms with E-state index in [1.54, 1.807) is 0 Å². The molecule has 3 N–H and O–H groups in total. The topological polar surface area (TPSA) is 104 Å². The van der Waals surface area contributed by atoms with Gasteiger partial charge in [0.1, 0.15) is 12.1 Å². The van der Waals surface area contributed by atoms with Gasteiger partial charge in [-0.3, -0.25) is 9.36 Å². The summed E-state index contributed by atoms with van der Waals surface area (Å²) in [6, 6.07) is 9.51. The fraction of sp³-hybridized carbons (Fsp3) is 0.211. The molecule has 0 saturated heterocycles. The van der Waals surface area contributed by atoms with Crippen LogP contribution in [-0.2, 0) is 17.9 Å². The number of carbonyl (C=O) groups is 1. The third-order valence-corrected chi connectivity index (χ3v) is 5.57. The number of anilines is 1. The van der Waals surface area contributed by atoms with Crippen LogP contribution in [0.4, 0.5) is 10.1 Å². The van der Waals surface area contributed by atoms with Crippen molar-refractivity contribution in [2.45, 2.75) is 13.1 Å². The van der Waals surface area contributed by atoms with Gasteiger partial charge in [-0.15, -0.1) is 23.7 Å². The van der Waals surface area contributed by atoms with E-state index in [2.05, 4.69) is 10.4 Å². The van der Waals surface area contributed by atoms with Gasteiger partial charge >= 0.3 is 5.69 Å². The van der Waals surface area contributed by atoms with E-state index >= 15 is 0 Å². The highest BCUT2D eigenvalue weighted by molar-refractivity contribution is 7.15. The average molecular weight is 452 g/mol. The third kappa shape index (κ3) is 4.45. The smallest absolute Gasteiger partial charge is 0.346 e. The maximum atomic E-state index is 12.7. The Kier molecular flexibility index (Phi) is 6.70. The van der Waals surface area contributed by atoms with Gasteiger partial charge < -0.3 is 15.8 Å². The lowest BCUT2D eigenvalue weighted by Crippen LogP contribution is -2.26. The number of nitrogens with one attached hydrogen (secondary N) is 1. The molecular formula is C19H19ClFN5O3S. The molecule has 0 unspecified atom stereocenters. The van der Waals surface area contributed by atoms with Crippen molar-refractivity contribution in [1.29, 1.82) is 0 Å². The van der Waals surface area contributed by atoms with Crippen molar-refractivity contribution in [1.82, 2.24) is 14.3 Å². The molecule has 0 radical (unpaired) electrons. The minimum atomic E-state index is -0.332. The van der Waals surface area contributed by atoms with Crippen LogP contribution in [0.15, 0.2) is 53.4 Å². The zero-order valence-electron chi connectivity index (χ0n) is 15.7. The van der Waals surface area contributed by atoms with E-state index in [1.165, 1.54) is 26.9 Å². The molecule has 0 fully saturated rings. The number of hydrogen-bond donors (Lipinski definition) is 2. The highest BCUT2D eigenvalue weighted by Gasteiger charge is 2.17. The molecule has 2 aromatic heterocycles. The number of halogens is 2. The summed E-state index contributed by atoms with van der Waals surface area (Å²) in [6.45, 7) is 0.422. The Balaban J connectivity index is 0.00000256. The molecule has 1 amide bonds. The van der Waals surface area contributed by atoms with Gasteiger partial charge in [-0.2, -0.15) is 5.10 Å². The Hall–Kier alpha value is -2.95. The minimum Gasteiger partial charge on any atom is -0.482 e. The number of thiophene rings is 1. The van der Waals surface area contributed by atoms with Gasteiger partial charge in [-0.05, 0) is 41.5 Å². The van der Waals surface area contributed by atoms with E-state index in [-0.39, 0.29) is 43.7 Å². The summed E-state index contributed by atoms with van der Waals surface area (Å²) in [5.74, 6) is 0.460. The molecule has 0 spiro atoms. The van der Waals surface area contributed by atoms with E-state index in [1.807, 2.05) is 30.3 Å². The minimum absolute atomic E-state index is 0. The van der Waals surface area contributed by atoms with Crippen LogP contribution in [0.2, 0.25) is 0 Å². The predicted molar refractivity (Wildman–Crippen MR) is 115 cm³/mol. The normalized spacial score (nSPS) is 13.3. The monoisotopic (exact) mass is 451 g/mol. The standard InChI is InChI=1S/C19H18FN5O3S.ClH/c20-6-12(7-21)8-25-19(27)24(11-22-25)9-14-2-4-17(29-14)13-1-3-16-15(5-13)23-18(26)10-28-16;/h1-6,11H,7-10,21H2,(H,23,26);1H/b12-6+;. The Labute approximate surface area is 181 Å². The van der Waals surface area contributed by atoms with Crippen molar-refractivity contribution >= 4 is 35.3 Å². The van der Waals surface area contributed by atoms with Gasteiger partial charge in [0.15, 0.2) is 6.61 Å². The first-order valence-corrected chi connectivity index (χ1v) is 9.65. The molecule has 0 atom stereocenters. The second-order valence-corrected chi connectivity index (χ2v) is 7.65. The second-order valence-electron chi connectivity index (χ2n) is 6.48. The summed E-state index contributed by atoms with van der Waals surface area (Å²) < 4.78 is 20.7. The van der Waals surface area contributed by atoms with Crippen LogP contribution in [-0.4, -0.2) is 33.4 Å². The number of amides is 1. The van der Waals surface area contributed by atoms with Crippen molar-refractivity contribution in [3.05, 3.63) is 63.9 Å². The van der Waals surface area contributed by atoms with Gasteiger partial charge in [-0.1, -0.05) is 0 Å². The number of fused-ring (bicyclic) bond motifs is 1. The number of nitrogens with zero attached hydrogens (tertiary/aromatic N) is 3. The van der Waals surface area contributed by atoms with Gasteiger partial charge in [0, 0.05) is 16.3 Å². The molecular weight excluding hydrogens is 433 g/mol. The largest absolute Gasteiger partial charge is 0.482 e. The van der Waals surface area contributed by atoms with Crippen molar-refractivity contribution in [2.75, 3.05) is 18.5 Å². The van der Waals surface area contributed by atoms with Crippen molar-refractivity contribution in [3.8, 4) is 16.2 Å². The Bertz CT molecular complexity index is 1150. The molecule has 158 valence electrons. The summed E-state index contributed by atoms with van der Waals surface area (Å²) in [6.07, 6.45) is 1.84. The lowest BCUT2D eigenvalue weighted by Gasteiger charge is -2.18. The Morgan fingerprint density at radius 2 is 2.17 bits per heavy atom. The number of aromatic nitrogens is 3. The highest BCUT2D eigenvalue weighted by atomic mass is 35.5. The number of ether oxygens (including phenoxy) is 1. The summed E-state index contributed by atoms with van der Waals surface area (Å²) in [5, 5.41) is 6.82. The Morgan fingerprint density at radius 1 is 1.33 bits per heavy atom. The summed E-state index contributed by atoms with van der Waals surface area (Å²) in [4.78, 5) is 25.9. The SMILES string of the molecule is Cl.NC/C(=C\F)Cn1ncn(Cc2ccc(-c3ccc4c(c3)NC(=O)CO4)s2)c1=O. The molecule has 4 rings (SSSR count). The van der Waals surface area contributed by atoms with Crippen LogP contribution in [0, 0.1) is 0 Å². The van der Waals surface area contributed by atoms with E-state index < -0.39 is 0 Å². The molecule has 0 bridgehead atoms. The molecule has 3 aromatic rings. The number of hydrogen-bond acceptors (Lipinski definition) is 6. The van der Waals surface area contributed by atoms with Crippen LogP contribution in [0.5, 0.6) is 5.75 Å². The molecule has 0 saturated carbocycles. The summed E-state index contributed by atoms with van der Waals surface area (Å²) in [5.41, 5.74) is 6.97. The number of carbonyl (C=O) groups excluding carboxylic acids is 1. The quantitative estimate of drug-likeness (QED) is 0.598. The van der Waals surface area contributed by atoms with E-state index in [0.29, 0.717) is 29.9 Å². The second kappa shape index (κ2) is 9.24. The van der Waals surface area contributed by atoms with Gasteiger partial charge in [-0.25, -0.2) is 13.9 Å². The first-order chi connectivity index (χ1) is 14.1. The van der Waals surface area contributed by atoms with Crippen LogP contribution in [0.25, 0.3) is 10.4 Å². The Morgan fingerprint density at radius 3 is 2.93 bits per heavy atom. The van der Waals surface area contributed by atoms with Gasteiger partial charge in [0.25, 0.3) is 5.91 Å². The van der Waals surface area contributed by atoms with Crippen molar-refractivity contribution in [3.63, 3.8) is 0 Å².